The Kier molecular flexibility index (Phi) is 5.58. The highest BCUT2D eigenvalue weighted by atomic mass is 16.6. The monoisotopic (exact) mass is 352 g/mol. The molecule has 2 aromatic rings. The van der Waals surface area contributed by atoms with Crippen molar-refractivity contribution in [1.82, 2.24) is 4.98 Å². The van der Waals surface area contributed by atoms with Crippen LogP contribution in [0.3, 0.4) is 0 Å². The highest BCUT2D eigenvalue weighted by Gasteiger charge is 2.16. The smallest absolute Gasteiger partial charge is 0.276 e. The van der Waals surface area contributed by atoms with Crippen LogP contribution in [0.4, 0.5) is 17.2 Å². The summed E-state index contributed by atoms with van der Waals surface area (Å²) < 4.78 is 0. The summed E-state index contributed by atoms with van der Waals surface area (Å²) in [6.07, 6.45) is 7.90. The summed E-state index contributed by atoms with van der Waals surface area (Å²) in [5.41, 5.74) is 0.994. The second-order valence-corrected chi connectivity index (χ2v) is 6.06. The van der Waals surface area contributed by atoms with E-state index in [4.69, 9.17) is 0 Å². The predicted molar refractivity (Wildman–Crippen MR) is 101 cm³/mol. The zero-order valence-corrected chi connectivity index (χ0v) is 14.3. The number of carbonyl (C=O) groups is 1. The number of aromatic nitrogens is 1. The lowest BCUT2D eigenvalue weighted by Crippen LogP contribution is -2.31. The van der Waals surface area contributed by atoms with Crippen LogP contribution in [-0.2, 0) is 4.79 Å². The summed E-state index contributed by atoms with van der Waals surface area (Å²) in [7, 11) is 0. The molecule has 26 heavy (non-hydrogen) atoms. The third-order valence-electron chi connectivity index (χ3n) is 4.25. The highest BCUT2D eigenvalue weighted by Crippen LogP contribution is 2.26. The lowest BCUT2D eigenvalue weighted by Gasteiger charge is -2.29. The zero-order chi connectivity index (χ0) is 18.4. The molecule has 7 nitrogen and oxygen atoms in total. The molecule has 0 aliphatic carbocycles. The van der Waals surface area contributed by atoms with Gasteiger partial charge in [0.25, 0.3) is 5.69 Å². The van der Waals surface area contributed by atoms with Gasteiger partial charge in [0.05, 0.1) is 16.2 Å². The number of nitrogens with one attached hydrogen (secondary N) is 1. The summed E-state index contributed by atoms with van der Waals surface area (Å²) in [6, 6.07) is 9.89. The number of nitro benzene ring substituents is 1. The Morgan fingerprint density at radius 2 is 1.92 bits per heavy atom. The predicted octanol–water partition coefficient (Wildman–Crippen LogP) is 3.63. The van der Waals surface area contributed by atoms with Crippen LogP contribution in [0.5, 0.6) is 0 Å². The summed E-state index contributed by atoms with van der Waals surface area (Å²) in [5.74, 6) is 0.411. The first kappa shape index (κ1) is 17.6. The van der Waals surface area contributed by atoms with E-state index in [1.165, 1.54) is 24.6 Å². The van der Waals surface area contributed by atoms with Crippen molar-refractivity contribution in [3.8, 4) is 0 Å². The number of pyridine rings is 1. The summed E-state index contributed by atoms with van der Waals surface area (Å²) in [6.45, 7) is 1.85. The van der Waals surface area contributed by atoms with E-state index in [1.54, 1.807) is 30.5 Å². The third kappa shape index (κ3) is 4.24. The molecule has 1 amide bonds. The molecule has 1 aromatic carbocycles. The summed E-state index contributed by atoms with van der Waals surface area (Å²) in [5, 5.41) is 13.9. The molecule has 0 spiro atoms. The second-order valence-electron chi connectivity index (χ2n) is 6.06. The average molecular weight is 352 g/mol. The Balaban J connectivity index is 1.74. The summed E-state index contributed by atoms with van der Waals surface area (Å²) >= 11 is 0. The van der Waals surface area contributed by atoms with Gasteiger partial charge in [-0.2, -0.15) is 0 Å². The number of nitrogens with zero attached hydrogens (tertiary/aromatic N) is 3. The van der Waals surface area contributed by atoms with Crippen molar-refractivity contribution >= 4 is 29.2 Å². The molecule has 0 radical (unpaired) electrons. The number of carbonyl (C=O) groups excluding carboxylic acids is 1. The van der Waals surface area contributed by atoms with Gasteiger partial charge in [-0.1, -0.05) is 12.1 Å². The van der Waals surface area contributed by atoms with Crippen molar-refractivity contribution in [2.45, 2.75) is 19.3 Å². The highest BCUT2D eigenvalue weighted by molar-refractivity contribution is 6.03. The maximum Gasteiger partial charge on any atom is 0.276 e. The van der Waals surface area contributed by atoms with Gasteiger partial charge in [0.15, 0.2) is 5.82 Å². The minimum atomic E-state index is -0.465. The van der Waals surface area contributed by atoms with Crippen molar-refractivity contribution in [1.29, 1.82) is 0 Å². The van der Waals surface area contributed by atoms with Crippen molar-refractivity contribution in [3.63, 3.8) is 0 Å². The molecule has 1 aliphatic heterocycles. The van der Waals surface area contributed by atoms with Gasteiger partial charge < -0.3 is 10.2 Å². The number of piperidine rings is 1. The number of para-hydroxylation sites is 1. The fourth-order valence-corrected chi connectivity index (χ4v) is 2.99. The number of hydrogen-bond acceptors (Lipinski definition) is 5. The maximum atomic E-state index is 12.3. The molecule has 0 saturated carbocycles. The first-order chi connectivity index (χ1) is 12.6. The molecule has 0 unspecified atom stereocenters. The van der Waals surface area contributed by atoms with Crippen molar-refractivity contribution in [2.75, 3.05) is 23.3 Å². The fourth-order valence-electron chi connectivity index (χ4n) is 2.99. The van der Waals surface area contributed by atoms with Gasteiger partial charge in [-0.05, 0) is 43.5 Å². The quantitative estimate of drug-likeness (QED) is 0.504. The van der Waals surface area contributed by atoms with Crippen LogP contribution in [0.15, 0.2) is 48.7 Å². The first-order valence-electron chi connectivity index (χ1n) is 8.57. The molecular weight excluding hydrogens is 332 g/mol. The van der Waals surface area contributed by atoms with Crippen LogP contribution in [-0.4, -0.2) is 28.9 Å². The molecule has 134 valence electrons. The lowest BCUT2D eigenvalue weighted by molar-refractivity contribution is -0.385. The number of benzene rings is 1. The molecule has 1 N–H and O–H groups in total. The SMILES string of the molecule is O=C(/C=C/c1ccccc1[N+](=O)[O-])Nc1cccnc1N1CCCCC1. The van der Waals surface area contributed by atoms with Crippen LogP contribution < -0.4 is 10.2 Å². The normalized spacial score (nSPS) is 14.4. The van der Waals surface area contributed by atoms with Gasteiger partial charge in [-0.15, -0.1) is 0 Å². The minimum Gasteiger partial charge on any atom is -0.355 e. The number of hydrogen-bond donors (Lipinski definition) is 1. The maximum absolute atomic E-state index is 12.3. The van der Waals surface area contributed by atoms with Gasteiger partial charge in [-0.3, -0.25) is 14.9 Å². The molecule has 2 heterocycles. The van der Waals surface area contributed by atoms with E-state index in [2.05, 4.69) is 15.2 Å². The molecule has 1 aromatic heterocycles. The number of nitro groups is 1. The minimum absolute atomic E-state index is 0.0352. The zero-order valence-electron chi connectivity index (χ0n) is 14.3. The topological polar surface area (TPSA) is 88.4 Å². The standard InChI is InChI=1S/C19H20N4O3/c24-18(11-10-15-7-2-3-9-17(15)23(25)26)21-16-8-6-12-20-19(16)22-13-4-1-5-14-22/h2-3,6-12H,1,4-5,13-14H2,(H,21,24)/b11-10+. The van der Waals surface area contributed by atoms with Crippen LogP contribution in [0, 0.1) is 10.1 Å². The first-order valence-corrected chi connectivity index (χ1v) is 8.57. The largest absolute Gasteiger partial charge is 0.355 e. The molecule has 1 aliphatic rings. The van der Waals surface area contributed by atoms with Crippen LogP contribution in [0.1, 0.15) is 24.8 Å². The lowest BCUT2D eigenvalue weighted by atomic mass is 10.1. The van der Waals surface area contributed by atoms with Crippen molar-refractivity contribution in [2.24, 2.45) is 0 Å². The van der Waals surface area contributed by atoms with E-state index in [9.17, 15) is 14.9 Å². The van der Waals surface area contributed by atoms with E-state index in [0.717, 1.165) is 31.7 Å². The van der Waals surface area contributed by atoms with Crippen LogP contribution >= 0.6 is 0 Å². The molecule has 0 atom stereocenters. The fraction of sp³-hybridized carbons (Fsp3) is 0.263. The van der Waals surface area contributed by atoms with Gasteiger partial charge in [0.2, 0.25) is 5.91 Å². The number of anilines is 2. The Morgan fingerprint density at radius 1 is 1.15 bits per heavy atom. The van der Waals surface area contributed by atoms with E-state index >= 15 is 0 Å². The Morgan fingerprint density at radius 3 is 2.69 bits per heavy atom. The van der Waals surface area contributed by atoms with E-state index in [1.807, 2.05) is 6.07 Å². The molecule has 0 bridgehead atoms. The number of rotatable bonds is 5. The van der Waals surface area contributed by atoms with Gasteiger partial charge in [0.1, 0.15) is 0 Å². The average Bonchev–Trinajstić information content (AvgIpc) is 2.67. The Hall–Kier alpha value is -3.22. The second kappa shape index (κ2) is 8.24. The van der Waals surface area contributed by atoms with Gasteiger partial charge >= 0.3 is 0 Å². The molecular formula is C19H20N4O3. The van der Waals surface area contributed by atoms with Crippen molar-refractivity contribution < 1.29 is 9.72 Å². The molecule has 1 fully saturated rings. The molecule has 7 heteroatoms. The van der Waals surface area contributed by atoms with E-state index in [-0.39, 0.29) is 11.6 Å². The third-order valence-corrected chi connectivity index (χ3v) is 4.25. The van der Waals surface area contributed by atoms with Gasteiger partial charge in [-0.25, -0.2) is 4.98 Å². The van der Waals surface area contributed by atoms with Crippen molar-refractivity contribution in [3.05, 3.63) is 64.3 Å². The summed E-state index contributed by atoms with van der Waals surface area (Å²) in [4.78, 5) is 29.4. The van der Waals surface area contributed by atoms with Gasteiger partial charge in [0, 0.05) is 31.4 Å². The van der Waals surface area contributed by atoms with E-state index < -0.39 is 4.92 Å². The Bertz CT molecular complexity index is 829. The number of amides is 1. The van der Waals surface area contributed by atoms with E-state index in [0.29, 0.717) is 11.3 Å². The Labute approximate surface area is 151 Å². The molecule has 3 rings (SSSR count). The van der Waals surface area contributed by atoms with Crippen LogP contribution in [0.25, 0.3) is 6.08 Å². The van der Waals surface area contributed by atoms with Crippen LogP contribution in [0.2, 0.25) is 0 Å². The molecule has 1 saturated heterocycles.